The van der Waals surface area contributed by atoms with E-state index in [9.17, 15) is 5.11 Å². The van der Waals surface area contributed by atoms with Crippen LogP contribution >= 0.6 is 0 Å². The number of nitrogens with one attached hydrogen (secondary N) is 1. The second kappa shape index (κ2) is 7.27. The van der Waals surface area contributed by atoms with Crippen LogP contribution < -0.4 is 5.32 Å². The van der Waals surface area contributed by atoms with Crippen LogP contribution in [-0.4, -0.2) is 40.4 Å². The minimum absolute atomic E-state index is 0.150. The number of aliphatic hydroxyl groups is 1. The highest BCUT2D eigenvalue weighted by atomic mass is 16.5. The van der Waals surface area contributed by atoms with Crippen LogP contribution in [0, 0.1) is 0 Å². The quantitative estimate of drug-likeness (QED) is 0.701. The Morgan fingerprint density at radius 3 is 2.94 bits per heavy atom. The maximum atomic E-state index is 9.56. The van der Waals surface area contributed by atoms with E-state index in [1.165, 1.54) is 6.33 Å². The van der Waals surface area contributed by atoms with Gasteiger partial charge in [-0.1, -0.05) is 0 Å². The van der Waals surface area contributed by atoms with E-state index in [0.717, 1.165) is 5.69 Å². The van der Waals surface area contributed by atoms with Gasteiger partial charge < -0.3 is 15.2 Å². The highest BCUT2D eigenvalue weighted by Crippen LogP contribution is 1.93. The first kappa shape index (κ1) is 13.0. The van der Waals surface area contributed by atoms with Crippen molar-refractivity contribution in [3.05, 3.63) is 24.3 Å². The zero-order chi connectivity index (χ0) is 11.8. The third kappa shape index (κ3) is 5.75. The second-order valence-corrected chi connectivity index (χ2v) is 3.87. The van der Waals surface area contributed by atoms with Crippen molar-refractivity contribution in [1.29, 1.82) is 0 Å². The molecule has 0 bridgehead atoms. The predicted molar refractivity (Wildman–Crippen MR) is 60.8 cm³/mol. The molecule has 1 unspecified atom stereocenters. The summed E-state index contributed by atoms with van der Waals surface area (Å²) in [5.41, 5.74) is 0.909. The molecule has 5 nitrogen and oxygen atoms in total. The Bertz CT molecular complexity index is 280. The number of rotatable bonds is 7. The van der Waals surface area contributed by atoms with Crippen LogP contribution in [0.1, 0.15) is 19.5 Å². The standard InChI is InChI=1S/C11H19N3O2/c1-9(2)16-7-11(15)6-13-5-10-3-4-12-8-14-10/h3-4,8-9,11,13,15H,5-7H2,1-2H3. The van der Waals surface area contributed by atoms with Crippen LogP contribution in [0.2, 0.25) is 0 Å². The van der Waals surface area contributed by atoms with Crippen molar-refractivity contribution in [2.75, 3.05) is 13.2 Å². The molecule has 2 N–H and O–H groups in total. The molecule has 0 radical (unpaired) electrons. The summed E-state index contributed by atoms with van der Waals surface area (Å²) < 4.78 is 5.29. The van der Waals surface area contributed by atoms with Crippen LogP contribution in [0.15, 0.2) is 18.6 Å². The maximum Gasteiger partial charge on any atom is 0.115 e. The predicted octanol–water partition coefficient (Wildman–Crippen LogP) is 0.352. The summed E-state index contributed by atoms with van der Waals surface area (Å²) in [6.07, 6.45) is 2.87. The Morgan fingerprint density at radius 2 is 2.31 bits per heavy atom. The van der Waals surface area contributed by atoms with Crippen molar-refractivity contribution in [2.45, 2.75) is 32.6 Å². The monoisotopic (exact) mass is 225 g/mol. The Hall–Kier alpha value is -1.04. The summed E-state index contributed by atoms with van der Waals surface area (Å²) in [7, 11) is 0. The van der Waals surface area contributed by atoms with E-state index in [4.69, 9.17) is 4.74 Å². The summed E-state index contributed by atoms with van der Waals surface area (Å²) in [6.45, 7) is 5.37. The SMILES string of the molecule is CC(C)OCC(O)CNCc1ccncn1. The fraction of sp³-hybridized carbons (Fsp3) is 0.636. The summed E-state index contributed by atoms with van der Waals surface area (Å²) >= 11 is 0. The number of ether oxygens (including phenoxy) is 1. The lowest BCUT2D eigenvalue weighted by molar-refractivity contribution is 0.00627. The molecule has 1 aromatic heterocycles. The Labute approximate surface area is 95.9 Å². The van der Waals surface area contributed by atoms with Crippen molar-refractivity contribution in [3.8, 4) is 0 Å². The molecule has 0 saturated carbocycles. The minimum Gasteiger partial charge on any atom is -0.389 e. The van der Waals surface area contributed by atoms with E-state index in [0.29, 0.717) is 19.7 Å². The first-order chi connectivity index (χ1) is 7.68. The molecule has 1 aromatic rings. The summed E-state index contributed by atoms with van der Waals surface area (Å²) in [6, 6.07) is 1.84. The van der Waals surface area contributed by atoms with E-state index < -0.39 is 6.10 Å². The molecule has 90 valence electrons. The zero-order valence-electron chi connectivity index (χ0n) is 9.76. The first-order valence-electron chi connectivity index (χ1n) is 5.43. The summed E-state index contributed by atoms with van der Waals surface area (Å²) in [4.78, 5) is 7.89. The normalized spacial score (nSPS) is 13.0. The first-order valence-corrected chi connectivity index (χ1v) is 5.43. The van der Waals surface area contributed by atoms with Gasteiger partial charge in [-0.3, -0.25) is 0 Å². The molecule has 0 fully saturated rings. The maximum absolute atomic E-state index is 9.56. The van der Waals surface area contributed by atoms with Crippen molar-refractivity contribution >= 4 is 0 Å². The molecule has 0 aliphatic rings. The number of hydrogen-bond donors (Lipinski definition) is 2. The van der Waals surface area contributed by atoms with Gasteiger partial charge in [-0.05, 0) is 19.9 Å². The average molecular weight is 225 g/mol. The molecule has 1 heterocycles. The lowest BCUT2D eigenvalue weighted by Gasteiger charge is -2.13. The molecule has 5 heteroatoms. The highest BCUT2D eigenvalue weighted by Gasteiger charge is 2.05. The summed E-state index contributed by atoms with van der Waals surface area (Å²) in [5, 5.41) is 12.7. The van der Waals surface area contributed by atoms with Gasteiger partial charge in [-0.15, -0.1) is 0 Å². The highest BCUT2D eigenvalue weighted by molar-refractivity contribution is 4.96. The van der Waals surface area contributed by atoms with E-state index >= 15 is 0 Å². The Balaban J connectivity index is 2.11. The van der Waals surface area contributed by atoms with Gasteiger partial charge in [-0.2, -0.15) is 0 Å². The van der Waals surface area contributed by atoms with Gasteiger partial charge in [0.1, 0.15) is 6.33 Å². The number of aromatic nitrogens is 2. The van der Waals surface area contributed by atoms with Gasteiger partial charge in [0.05, 0.1) is 24.5 Å². The fourth-order valence-corrected chi connectivity index (χ4v) is 1.15. The molecule has 0 aromatic carbocycles. The molecule has 0 aliphatic carbocycles. The number of hydrogen-bond acceptors (Lipinski definition) is 5. The lowest BCUT2D eigenvalue weighted by atomic mass is 10.3. The van der Waals surface area contributed by atoms with Crippen LogP contribution in [-0.2, 0) is 11.3 Å². The van der Waals surface area contributed by atoms with Crippen molar-refractivity contribution in [3.63, 3.8) is 0 Å². The molecular weight excluding hydrogens is 206 g/mol. The molecule has 0 saturated heterocycles. The van der Waals surface area contributed by atoms with E-state index in [1.807, 2.05) is 19.9 Å². The molecule has 16 heavy (non-hydrogen) atoms. The number of nitrogens with zero attached hydrogens (tertiary/aromatic N) is 2. The molecule has 0 aliphatic heterocycles. The minimum atomic E-state index is -0.482. The van der Waals surface area contributed by atoms with Crippen molar-refractivity contribution < 1.29 is 9.84 Å². The topological polar surface area (TPSA) is 67.3 Å². The second-order valence-electron chi connectivity index (χ2n) is 3.87. The van der Waals surface area contributed by atoms with E-state index in [1.54, 1.807) is 6.20 Å². The molecule has 1 atom stereocenters. The Kier molecular flexibility index (Phi) is 5.92. The van der Waals surface area contributed by atoms with Gasteiger partial charge in [0, 0.05) is 19.3 Å². The summed E-state index contributed by atoms with van der Waals surface area (Å²) in [5.74, 6) is 0. The van der Waals surface area contributed by atoms with Crippen LogP contribution in [0.25, 0.3) is 0 Å². The molecule has 1 rings (SSSR count). The molecule has 0 spiro atoms. The largest absolute Gasteiger partial charge is 0.389 e. The van der Waals surface area contributed by atoms with Crippen LogP contribution in [0.5, 0.6) is 0 Å². The van der Waals surface area contributed by atoms with Gasteiger partial charge in [0.25, 0.3) is 0 Å². The lowest BCUT2D eigenvalue weighted by Crippen LogP contribution is -2.31. The van der Waals surface area contributed by atoms with Crippen molar-refractivity contribution in [2.24, 2.45) is 0 Å². The number of aliphatic hydroxyl groups excluding tert-OH is 1. The van der Waals surface area contributed by atoms with Gasteiger partial charge in [0.15, 0.2) is 0 Å². The van der Waals surface area contributed by atoms with E-state index in [2.05, 4.69) is 15.3 Å². The molecule has 0 amide bonds. The fourth-order valence-electron chi connectivity index (χ4n) is 1.15. The van der Waals surface area contributed by atoms with Crippen molar-refractivity contribution in [1.82, 2.24) is 15.3 Å². The van der Waals surface area contributed by atoms with Gasteiger partial charge in [-0.25, -0.2) is 9.97 Å². The van der Waals surface area contributed by atoms with E-state index in [-0.39, 0.29) is 6.10 Å². The zero-order valence-corrected chi connectivity index (χ0v) is 9.76. The van der Waals surface area contributed by atoms with Gasteiger partial charge in [0.2, 0.25) is 0 Å². The van der Waals surface area contributed by atoms with Crippen LogP contribution in [0.4, 0.5) is 0 Å². The van der Waals surface area contributed by atoms with Gasteiger partial charge >= 0.3 is 0 Å². The molecular formula is C11H19N3O2. The third-order valence-corrected chi connectivity index (χ3v) is 1.95. The smallest absolute Gasteiger partial charge is 0.115 e. The van der Waals surface area contributed by atoms with Crippen LogP contribution in [0.3, 0.4) is 0 Å². The third-order valence-electron chi connectivity index (χ3n) is 1.95. The average Bonchev–Trinajstić information content (AvgIpc) is 2.28. The Morgan fingerprint density at radius 1 is 1.50 bits per heavy atom.